The van der Waals surface area contributed by atoms with Crippen LogP contribution in [0.2, 0.25) is 0 Å². The van der Waals surface area contributed by atoms with E-state index in [4.69, 9.17) is 0 Å². The van der Waals surface area contributed by atoms with Gasteiger partial charge in [-0.3, -0.25) is 4.79 Å². The average Bonchev–Trinajstić information content (AvgIpc) is 2.53. The van der Waals surface area contributed by atoms with Crippen LogP contribution >= 0.6 is 0 Å². The maximum absolute atomic E-state index is 10.2. The van der Waals surface area contributed by atoms with Gasteiger partial charge in [0.1, 0.15) is 5.69 Å². The SMILES string of the molecule is CCCCCn1ncc(C=O)n1. The van der Waals surface area contributed by atoms with Crippen molar-refractivity contribution in [2.45, 2.75) is 32.7 Å². The minimum absolute atomic E-state index is 0.409. The van der Waals surface area contributed by atoms with Crippen molar-refractivity contribution in [2.24, 2.45) is 0 Å². The summed E-state index contributed by atoms with van der Waals surface area (Å²) in [5.41, 5.74) is 0.409. The van der Waals surface area contributed by atoms with E-state index in [9.17, 15) is 4.79 Å². The highest BCUT2D eigenvalue weighted by atomic mass is 16.1. The first-order valence-corrected chi connectivity index (χ1v) is 4.22. The van der Waals surface area contributed by atoms with Gasteiger partial charge in [-0.2, -0.15) is 15.0 Å². The second-order valence-corrected chi connectivity index (χ2v) is 2.69. The summed E-state index contributed by atoms with van der Waals surface area (Å²) >= 11 is 0. The molecule has 0 aromatic carbocycles. The summed E-state index contributed by atoms with van der Waals surface area (Å²) in [6.07, 6.45) is 5.63. The number of aromatic nitrogens is 3. The second kappa shape index (κ2) is 4.64. The van der Waals surface area contributed by atoms with Gasteiger partial charge in [0.25, 0.3) is 0 Å². The third kappa shape index (κ3) is 2.45. The number of rotatable bonds is 5. The lowest BCUT2D eigenvalue weighted by Crippen LogP contribution is -2.02. The Morgan fingerprint density at radius 3 is 3.00 bits per heavy atom. The molecule has 0 spiro atoms. The number of hydrogen-bond acceptors (Lipinski definition) is 3. The van der Waals surface area contributed by atoms with Crippen molar-refractivity contribution in [2.75, 3.05) is 0 Å². The normalized spacial score (nSPS) is 10.1. The molecule has 1 heterocycles. The largest absolute Gasteiger partial charge is 0.296 e. The number of aldehydes is 1. The Labute approximate surface area is 71.6 Å². The molecule has 4 nitrogen and oxygen atoms in total. The van der Waals surface area contributed by atoms with Gasteiger partial charge in [-0.15, -0.1) is 0 Å². The maximum atomic E-state index is 10.2. The third-order valence-corrected chi connectivity index (χ3v) is 1.64. The summed E-state index contributed by atoms with van der Waals surface area (Å²) in [6.45, 7) is 2.95. The molecule has 66 valence electrons. The summed E-state index contributed by atoms with van der Waals surface area (Å²) in [5.74, 6) is 0. The lowest BCUT2D eigenvalue weighted by molar-refractivity contribution is 0.111. The Bertz CT molecular complexity index is 244. The monoisotopic (exact) mass is 167 g/mol. The molecule has 0 radical (unpaired) electrons. The molecule has 0 N–H and O–H groups in total. The first-order valence-electron chi connectivity index (χ1n) is 4.22. The van der Waals surface area contributed by atoms with Crippen LogP contribution in [-0.2, 0) is 6.54 Å². The Balaban J connectivity index is 2.36. The van der Waals surface area contributed by atoms with Crippen molar-refractivity contribution in [3.05, 3.63) is 11.9 Å². The fourth-order valence-electron chi connectivity index (χ4n) is 0.976. The van der Waals surface area contributed by atoms with E-state index >= 15 is 0 Å². The quantitative estimate of drug-likeness (QED) is 0.490. The van der Waals surface area contributed by atoms with Crippen LogP contribution in [0.15, 0.2) is 6.20 Å². The van der Waals surface area contributed by atoms with Gasteiger partial charge < -0.3 is 0 Å². The maximum Gasteiger partial charge on any atom is 0.171 e. The molecule has 0 unspecified atom stereocenters. The summed E-state index contributed by atoms with van der Waals surface area (Å²) in [7, 11) is 0. The number of carbonyl (C=O) groups is 1. The topological polar surface area (TPSA) is 47.8 Å². The standard InChI is InChI=1S/C8H13N3O/c1-2-3-4-5-11-9-6-8(7-12)10-11/h6-7H,2-5H2,1H3. The number of carbonyl (C=O) groups excluding carboxylic acids is 1. The van der Waals surface area contributed by atoms with Crippen LogP contribution in [0.25, 0.3) is 0 Å². The molecule has 1 rings (SSSR count). The zero-order chi connectivity index (χ0) is 8.81. The molecular formula is C8H13N3O. The minimum Gasteiger partial charge on any atom is -0.296 e. The molecule has 0 bridgehead atoms. The Morgan fingerprint density at radius 2 is 2.42 bits per heavy atom. The van der Waals surface area contributed by atoms with E-state index in [0.717, 1.165) is 13.0 Å². The van der Waals surface area contributed by atoms with Gasteiger partial charge in [-0.1, -0.05) is 19.8 Å². The van der Waals surface area contributed by atoms with Crippen LogP contribution in [0, 0.1) is 0 Å². The van der Waals surface area contributed by atoms with Crippen LogP contribution in [-0.4, -0.2) is 21.3 Å². The van der Waals surface area contributed by atoms with Crippen molar-refractivity contribution in [3.63, 3.8) is 0 Å². The van der Waals surface area contributed by atoms with E-state index in [2.05, 4.69) is 17.1 Å². The molecule has 0 aliphatic carbocycles. The summed E-state index contributed by atoms with van der Waals surface area (Å²) in [4.78, 5) is 11.8. The van der Waals surface area contributed by atoms with Gasteiger partial charge in [0.2, 0.25) is 0 Å². The molecule has 1 aromatic rings. The molecule has 0 atom stereocenters. The van der Waals surface area contributed by atoms with Gasteiger partial charge in [0.05, 0.1) is 12.7 Å². The first kappa shape index (κ1) is 8.90. The Morgan fingerprint density at radius 1 is 1.58 bits per heavy atom. The van der Waals surface area contributed by atoms with Gasteiger partial charge in [-0.25, -0.2) is 0 Å². The molecule has 0 aliphatic heterocycles. The second-order valence-electron chi connectivity index (χ2n) is 2.69. The Hall–Kier alpha value is -1.19. The first-order chi connectivity index (χ1) is 5.86. The lowest BCUT2D eigenvalue weighted by Gasteiger charge is -1.96. The molecule has 0 saturated heterocycles. The van der Waals surface area contributed by atoms with Crippen LogP contribution in [0.5, 0.6) is 0 Å². The summed E-state index contributed by atoms with van der Waals surface area (Å²) < 4.78 is 0. The predicted molar refractivity (Wildman–Crippen MR) is 44.9 cm³/mol. The minimum atomic E-state index is 0.409. The van der Waals surface area contributed by atoms with Gasteiger partial charge in [-0.05, 0) is 6.42 Å². The van der Waals surface area contributed by atoms with E-state index in [1.165, 1.54) is 19.0 Å². The fraction of sp³-hybridized carbons (Fsp3) is 0.625. The van der Waals surface area contributed by atoms with Crippen molar-refractivity contribution in [1.82, 2.24) is 15.0 Å². The van der Waals surface area contributed by atoms with Crippen molar-refractivity contribution in [1.29, 1.82) is 0 Å². The number of hydrogen-bond donors (Lipinski definition) is 0. The molecule has 0 amide bonds. The van der Waals surface area contributed by atoms with E-state index in [1.807, 2.05) is 0 Å². The van der Waals surface area contributed by atoms with Gasteiger partial charge in [0.15, 0.2) is 6.29 Å². The molecule has 12 heavy (non-hydrogen) atoms. The van der Waals surface area contributed by atoms with Crippen LogP contribution in [0.4, 0.5) is 0 Å². The zero-order valence-electron chi connectivity index (χ0n) is 7.23. The number of aryl methyl sites for hydroxylation is 1. The molecular weight excluding hydrogens is 154 g/mol. The molecule has 0 fully saturated rings. The summed E-state index contributed by atoms with van der Waals surface area (Å²) in [6, 6.07) is 0. The van der Waals surface area contributed by atoms with E-state index in [0.29, 0.717) is 12.0 Å². The fourth-order valence-corrected chi connectivity index (χ4v) is 0.976. The summed E-state index contributed by atoms with van der Waals surface area (Å²) in [5, 5.41) is 7.87. The van der Waals surface area contributed by atoms with Crippen LogP contribution in [0.1, 0.15) is 36.7 Å². The molecule has 0 saturated carbocycles. The Kier molecular flexibility index (Phi) is 3.44. The number of nitrogens with zero attached hydrogens (tertiary/aromatic N) is 3. The molecule has 4 heteroatoms. The van der Waals surface area contributed by atoms with E-state index < -0.39 is 0 Å². The highest BCUT2D eigenvalue weighted by Crippen LogP contribution is 1.96. The van der Waals surface area contributed by atoms with Crippen molar-refractivity contribution >= 4 is 6.29 Å². The van der Waals surface area contributed by atoms with E-state index in [1.54, 1.807) is 4.80 Å². The van der Waals surface area contributed by atoms with Crippen molar-refractivity contribution in [3.8, 4) is 0 Å². The highest BCUT2D eigenvalue weighted by Gasteiger charge is 1.96. The number of unbranched alkanes of at least 4 members (excludes halogenated alkanes) is 2. The zero-order valence-corrected chi connectivity index (χ0v) is 7.23. The average molecular weight is 167 g/mol. The third-order valence-electron chi connectivity index (χ3n) is 1.64. The van der Waals surface area contributed by atoms with Crippen LogP contribution < -0.4 is 0 Å². The van der Waals surface area contributed by atoms with Gasteiger partial charge >= 0.3 is 0 Å². The van der Waals surface area contributed by atoms with E-state index in [-0.39, 0.29) is 0 Å². The highest BCUT2D eigenvalue weighted by molar-refractivity contribution is 5.70. The molecule has 0 aliphatic rings. The van der Waals surface area contributed by atoms with Gasteiger partial charge in [0, 0.05) is 0 Å². The van der Waals surface area contributed by atoms with Crippen LogP contribution in [0.3, 0.4) is 0 Å². The smallest absolute Gasteiger partial charge is 0.171 e. The molecule has 1 aromatic heterocycles. The lowest BCUT2D eigenvalue weighted by atomic mass is 10.2. The van der Waals surface area contributed by atoms with Crippen molar-refractivity contribution < 1.29 is 4.79 Å². The predicted octanol–water partition coefficient (Wildman–Crippen LogP) is 1.28.